The minimum atomic E-state index is -2.39. The third-order valence-corrected chi connectivity index (χ3v) is 8.66. The van der Waals surface area contributed by atoms with Crippen molar-refractivity contribution >= 4 is 81.6 Å². The minimum absolute atomic E-state index is 0.205. The van der Waals surface area contributed by atoms with Crippen LogP contribution in [0.3, 0.4) is 0 Å². The molecule has 13 nitrogen and oxygen atoms in total. The summed E-state index contributed by atoms with van der Waals surface area (Å²) in [6.45, 7) is 8.26. The number of rotatable bonds is 14. The summed E-state index contributed by atoms with van der Waals surface area (Å²) in [4.78, 5) is 69.3. The number of amides is 3. The molecule has 0 unspecified atom stereocenters. The Morgan fingerprint density at radius 3 is 2.27 bits per heavy atom. The molecule has 1 aliphatic rings. The highest BCUT2D eigenvalue weighted by Crippen LogP contribution is 2.29. The van der Waals surface area contributed by atoms with E-state index in [2.05, 4.69) is 21.0 Å². The number of hydrazine groups is 1. The number of fused-ring (bicyclic) bond motifs is 1. The average Bonchev–Trinajstić information content (AvgIpc) is 3.11. The fraction of sp³-hybridized carbons (Fsp3) is 0.568. The number of esters is 2. The number of nitrogens with zero attached hydrogens (tertiary/aromatic N) is 2. The van der Waals surface area contributed by atoms with E-state index in [4.69, 9.17) is 49.0 Å². The van der Waals surface area contributed by atoms with Gasteiger partial charge in [0.05, 0.1) is 17.3 Å². The summed E-state index contributed by atoms with van der Waals surface area (Å²) in [5.74, 6) is -4.21. The van der Waals surface area contributed by atoms with Crippen LogP contribution in [0.4, 0.5) is 13.6 Å². The van der Waals surface area contributed by atoms with Crippen LogP contribution in [0.5, 0.6) is 0 Å². The smallest absolute Gasteiger partial charge is 0.408 e. The van der Waals surface area contributed by atoms with E-state index in [1.165, 1.54) is 13.0 Å². The van der Waals surface area contributed by atoms with Crippen LogP contribution in [0, 0.1) is 11.3 Å². The van der Waals surface area contributed by atoms with Gasteiger partial charge in [-0.1, -0.05) is 79.0 Å². The SMILES string of the molecule is CC(C)[C@H](OC(=O)C(C=Cc1ccc2ccc([C@@H](C)NC(=O)OC(C)(C)C)nc2c1)(CF)CF)C(=O)N[C@@H](C)C(=O)N1CCC[C@@H](C(=O)OCC(Cl)(Cl)Cl)N1. The number of carbonyl (C=O) groups excluding carboxylic acids is 5. The molecule has 3 rings (SSSR count). The topological polar surface area (TPSA) is 165 Å². The Labute approximate surface area is 334 Å². The Morgan fingerprint density at radius 1 is 1.02 bits per heavy atom. The van der Waals surface area contributed by atoms with Gasteiger partial charge < -0.3 is 24.8 Å². The van der Waals surface area contributed by atoms with E-state index < -0.39 is 94.8 Å². The molecule has 0 spiro atoms. The number of nitrogens with one attached hydrogen (secondary N) is 3. The number of ether oxygens (including phenoxy) is 3. The number of carbonyl (C=O) groups is 5. The lowest BCUT2D eigenvalue weighted by Gasteiger charge is -2.35. The highest BCUT2D eigenvalue weighted by Gasteiger charge is 2.42. The lowest BCUT2D eigenvalue weighted by Crippen LogP contribution is -2.60. The summed E-state index contributed by atoms with van der Waals surface area (Å²) in [6, 6.07) is 6.03. The van der Waals surface area contributed by atoms with E-state index in [1.807, 2.05) is 6.07 Å². The molecule has 1 saturated heterocycles. The molecule has 3 amide bonds. The second-order valence-electron chi connectivity index (χ2n) is 14.6. The predicted molar refractivity (Wildman–Crippen MR) is 204 cm³/mol. The second-order valence-corrected chi connectivity index (χ2v) is 17.2. The molecule has 1 aromatic heterocycles. The minimum Gasteiger partial charge on any atom is -0.460 e. The normalized spacial score (nSPS) is 17.0. The maximum atomic E-state index is 14.6. The van der Waals surface area contributed by atoms with Crippen molar-refractivity contribution < 1.29 is 47.0 Å². The summed E-state index contributed by atoms with van der Waals surface area (Å²) in [5, 5.41) is 7.12. The van der Waals surface area contributed by atoms with Crippen LogP contribution in [0.25, 0.3) is 17.0 Å². The van der Waals surface area contributed by atoms with Crippen molar-refractivity contribution in [1.29, 1.82) is 0 Å². The average molecular weight is 835 g/mol. The third kappa shape index (κ3) is 13.4. The number of alkyl carbamates (subject to hydrolysis) is 1. The molecule has 2 aromatic rings. The Balaban J connectivity index is 1.70. The van der Waals surface area contributed by atoms with Gasteiger partial charge in [0.25, 0.3) is 11.8 Å². The predicted octanol–water partition coefficient (Wildman–Crippen LogP) is 6.24. The molecule has 2 heterocycles. The fourth-order valence-electron chi connectivity index (χ4n) is 5.30. The van der Waals surface area contributed by atoms with Crippen molar-refractivity contribution in [2.24, 2.45) is 11.3 Å². The number of hydrogen-bond donors (Lipinski definition) is 3. The molecule has 18 heteroatoms. The zero-order chi connectivity index (χ0) is 41.3. The Morgan fingerprint density at radius 2 is 1.67 bits per heavy atom. The van der Waals surface area contributed by atoms with Crippen LogP contribution >= 0.6 is 34.8 Å². The van der Waals surface area contributed by atoms with Gasteiger partial charge in [-0.05, 0) is 71.1 Å². The Kier molecular flexibility index (Phi) is 16.1. The molecule has 0 bridgehead atoms. The van der Waals surface area contributed by atoms with Gasteiger partial charge in [-0.3, -0.25) is 29.2 Å². The number of pyridine rings is 1. The Bertz CT molecular complexity index is 1730. The zero-order valence-corrected chi connectivity index (χ0v) is 34.0. The van der Waals surface area contributed by atoms with Gasteiger partial charge >= 0.3 is 18.0 Å². The second kappa shape index (κ2) is 19.4. The first kappa shape index (κ1) is 45.6. The molecule has 1 aromatic carbocycles. The van der Waals surface area contributed by atoms with Gasteiger partial charge in [0.2, 0.25) is 3.79 Å². The monoisotopic (exact) mass is 833 g/mol. The summed E-state index contributed by atoms with van der Waals surface area (Å²) in [6.07, 6.45) is 1.03. The first-order valence-electron chi connectivity index (χ1n) is 17.6. The van der Waals surface area contributed by atoms with Crippen molar-refractivity contribution in [2.45, 2.75) is 94.9 Å². The van der Waals surface area contributed by atoms with Crippen molar-refractivity contribution in [1.82, 2.24) is 26.1 Å². The van der Waals surface area contributed by atoms with Gasteiger partial charge in [0.15, 0.2) is 6.10 Å². The molecule has 0 aliphatic carbocycles. The van der Waals surface area contributed by atoms with E-state index >= 15 is 0 Å². The highest BCUT2D eigenvalue weighted by atomic mass is 35.6. The molecule has 55 heavy (non-hydrogen) atoms. The quantitative estimate of drug-likeness (QED) is 0.113. The zero-order valence-electron chi connectivity index (χ0n) is 31.7. The van der Waals surface area contributed by atoms with Crippen LogP contribution in [0.2, 0.25) is 0 Å². The lowest BCUT2D eigenvalue weighted by atomic mass is 9.89. The standard InChI is InChI=1S/C37H48Cl3F2N5O8/c1-21(2)29(30(48)43-23(4)31(49)47-16-8-9-27(46-47)32(50)53-20-37(38,39)40)54-33(51)36(18-41,19-42)15-14-24-10-11-25-12-13-26(45-28(25)17-24)22(3)44-34(52)55-35(5,6)7/h10-15,17,21-23,27,29,46H,8-9,16,18-20H2,1-7H3,(H,43,48)(H,44,52)/t22-,23+,27+,29+/m1/s1. The lowest BCUT2D eigenvalue weighted by molar-refractivity contribution is -0.168. The largest absolute Gasteiger partial charge is 0.460 e. The summed E-state index contributed by atoms with van der Waals surface area (Å²) < 4.78 is 43.1. The number of halogens is 5. The van der Waals surface area contributed by atoms with Crippen molar-refractivity contribution in [2.75, 3.05) is 26.5 Å². The van der Waals surface area contributed by atoms with E-state index in [0.29, 0.717) is 29.6 Å². The van der Waals surface area contributed by atoms with Crippen molar-refractivity contribution in [3.8, 4) is 0 Å². The maximum absolute atomic E-state index is 14.6. The van der Waals surface area contributed by atoms with Crippen LogP contribution in [0.15, 0.2) is 36.4 Å². The molecule has 4 atom stereocenters. The third-order valence-electron chi connectivity index (χ3n) is 8.33. The molecule has 3 N–H and O–H groups in total. The van der Waals surface area contributed by atoms with Gasteiger partial charge in [-0.25, -0.2) is 19.0 Å². The van der Waals surface area contributed by atoms with E-state index in [0.717, 1.165) is 16.5 Å². The van der Waals surface area contributed by atoms with Gasteiger partial charge in [-0.15, -0.1) is 0 Å². The van der Waals surface area contributed by atoms with Gasteiger partial charge in [0, 0.05) is 11.9 Å². The Hall–Kier alpha value is -3.79. The summed E-state index contributed by atoms with van der Waals surface area (Å²) in [7, 11) is 0. The summed E-state index contributed by atoms with van der Waals surface area (Å²) >= 11 is 16.9. The summed E-state index contributed by atoms with van der Waals surface area (Å²) in [5.41, 5.74) is 1.19. The van der Waals surface area contributed by atoms with Crippen LogP contribution in [-0.2, 0) is 33.4 Å². The van der Waals surface area contributed by atoms with Crippen LogP contribution in [0.1, 0.15) is 78.6 Å². The van der Waals surface area contributed by atoms with Gasteiger partial charge in [-0.2, -0.15) is 0 Å². The van der Waals surface area contributed by atoms with E-state index in [-0.39, 0.29) is 6.54 Å². The number of benzene rings is 1. The molecule has 1 fully saturated rings. The first-order chi connectivity index (χ1) is 25.6. The number of alkyl halides is 5. The van der Waals surface area contributed by atoms with Crippen molar-refractivity contribution in [3.05, 3.63) is 47.7 Å². The first-order valence-corrected chi connectivity index (χ1v) is 18.7. The van der Waals surface area contributed by atoms with Crippen LogP contribution in [-0.4, -0.2) is 93.9 Å². The molecule has 0 radical (unpaired) electrons. The highest BCUT2D eigenvalue weighted by molar-refractivity contribution is 6.67. The van der Waals surface area contributed by atoms with Crippen LogP contribution < -0.4 is 16.1 Å². The van der Waals surface area contributed by atoms with Crippen molar-refractivity contribution in [3.63, 3.8) is 0 Å². The number of hydrogen-bond acceptors (Lipinski definition) is 10. The molecule has 304 valence electrons. The molecular weight excluding hydrogens is 787 g/mol. The number of aromatic nitrogens is 1. The molecular formula is C37H48Cl3F2N5O8. The fourth-order valence-corrected chi connectivity index (χ4v) is 5.46. The molecule has 0 saturated carbocycles. The van der Waals surface area contributed by atoms with Gasteiger partial charge in [0.1, 0.15) is 43.1 Å². The maximum Gasteiger partial charge on any atom is 0.408 e. The molecule has 1 aliphatic heterocycles. The van der Waals surface area contributed by atoms with E-state index in [1.54, 1.807) is 65.8 Å². The van der Waals surface area contributed by atoms with E-state index in [9.17, 15) is 32.8 Å².